The highest BCUT2D eigenvalue weighted by molar-refractivity contribution is 5.44. The van der Waals surface area contributed by atoms with Crippen molar-refractivity contribution in [3.63, 3.8) is 0 Å². The van der Waals surface area contributed by atoms with Crippen LogP contribution in [0, 0.1) is 5.92 Å². The van der Waals surface area contributed by atoms with E-state index in [2.05, 4.69) is 20.8 Å². The standard InChI is InChI=1S/C14H23NO2/c1-6-10(2)14(3,15)11-7-8-12(16-4)13(9-11)17-5/h7-10H,6,15H2,1-5H3. The molecule has 0 aliphatic heterocycles. The second-order valence-corrected chi connectivity index (χ2v) is 4.66. The highest BCUT2D eigenvalue weighted by atomic mass is 16.5. The van der Waals surface area contributed by atoms with Crippen molar-refractivity contribution in [2.75, 3.05) is 14.2 Å². The summed E-state index contributed by atoms with van der Waals surface area (Å²) in [5, 5.41) is 0. The fourth-order valence-electron chi connectivity index (χ4n) is 1.88. The fourth-order valence-corrected chi connectivity index (χ4v) is 1.88. The summed E-state index contributed by atoms with van der Waals surface area (Å²) in [7, 11) is 3.27. The topological polar surface area (TPSA) is 44.5 Å². The molecule has 1 aromatic carbocycles. The first kappa shape index (κ1) is 13.8. The van der Waals surface area contributed by atoms with Gasteiger partial charge in [0.15, 0.2) is 11.5 Å². The maximum atomic E-state index is 6.41. The van der Waals surface area contributed by atoms with E-state index in [-0.39, 0.29) is 5.54 Å². The van der Waals surface area contributed by atoms with Gasteiger partial charge in [0.2, 0.25) is 0 Å². The third-order valence-corrected chi connectivity index (χ3v) is 3.64. The van der Waals surface area contributed by atoms with Gasteiger partial charge in [0.1, 0.15) is 0 Å². The van der Waals surface area contributed by atoms with E-state index >= 15 is 0 Å². The van der Waals surface area contributed by atoms with E-state index in [1.807, 2.05) is 18.2 Å². The van der Waals surface area contributed by atoms with Crippen LogP contribution < -0.4 is 15.2 Å². The minimum absolute atomic E-state index is 0.353. The zero-order valence-electron chi connectivity index (χ0n) is 11.4. The van der Waals surface area contributed by atoms with Crippen molar-refractivity contribution in [2.24, 2.45) is 11.7 Å². The van der Waals surface area contributed by atoms with Gasteiger partial charge in [-0.1, -0.05) is 26.3 Å². The van der Waals surface area contributed by atoms with Crippen LogP contribution in [0.1, 0.15) is 32.8 Å². The van der Waals surface area contributed by atoms with Crippen LogP contribution in [0.5, 0.6) is 11.5 Å². The lowest BCUT2D eigenvalue weighted by atomic mass is 9.80. The van der Waals surface area contributed by atoms with Gasteiger partial charge in [-0.15, -0.1) is 0 Å². The first-order valence-corrected chi connectivity index (χ1v) is 5.98. The number of hydrogen-bond acceptors (Lipinski definition) is 3. The maximum Gasteiger partial charge on any atom is 0.161 e. The van der Waals surface area contributed by atoms with Gasteiger partial charge in [0.25, 0.3) is 0 Å². The second-order valence-electron chi connectivity index (χ2n) is 4.66. The predicted molar refractivity (Wildman–Crippen MR) is 70.5 cm³/mol. The first-order chi connectivity index (χ1) is 7.97. The highest BCUT2D eigenvalue weighted by Crippen LogP contribution is 2.35. The van der Waals surface area contributed by atoms with Crippen LogP contribution in [0.2, 0.25) is 0 Å². The van der Waals surface area contributed by atoms with Gasteiger partial charge in [-0.2, -0.15) is 0 Å². The molecule has 3 heteroatoms. The van der Waals surface area contributed by atoms with Crippen LogP contribution >= 0.6 is 0 Å². The SMILES string of the molecule is CCC(C)C(C)(N)c1ccc(OC)c(OC)c1. The van der Waals surface area contributed by atoms with E-state index < -0.39 is 0 Å². The smallest absolute Gasteiger partial charge is 0.161 e. The number of nitrogens with two attached hydrogens (primary N) is 1. The molecule has 0 fully saturated rings. The molecule has 0 bridgehead atoms. The Morgan fingerprint density at radius 2 is 1.82 bits per heavy atom. The van der Waals surface area contributed by atoms with E-state index in [0.29, 0.717) is 5.92 Å². The Balaban J connectivity index is 3.15. The van der Waals surface area contributed by atoms with Gasteiger partial charge in [-0.25, -0.2) is 0 Å². The van der Waals surface area contributed by atoms with Gasteiger partial charge in [-0.05, 0) is 30.5 Å². The van der Waals surface area contributed by atoms with E-state index in [4.69, 9.17) is 15.2 Å². The number of ether oxygens (including phenoxy) is 2. The van der Waals surface area contributed by atoms with E-state index in [1.54, 1.807) is 14.2 Å². The number of methoxy groups -OCH3 is 2. The molecule has 2 unspecified atom stereocenters. The normalized spacial score (nSPS) is 16.1. The maximum absolute atomic E-state index is 6.41. The Morgan fingerprint density at radius 1 is 1.24 bits per heavy atom. The zero-order chi connectivity index (χ0) is 13.1. The molecular formula is C14H23NO2. The minimum atomic E-state index is -0.353. The number of hydrogen-bond donors (Lipinski definition) is 1. The summed E-state index contributed by atoms with van der Waals surface area (Å²) in [6.07, 6.45) is 1.04. The molecular weight excluding hydrogens is 214 g/mol. The molecule has 17 heavy (non-hydrogen) atoms. The second kappa shape index (κ2) is 5.41. The van der Waals surface area contributed by atoms with Crippen molar-refractivity contribution in [3.8, 4) is 11.5 Å². The highest BCUT2D eigenvalue weighted by Gasteiger charge is 2.28. The summed E-state index contributed by atoms with van der Waals surface area (Å²) in [6.45, 7) is 6.37. The molecule has 0 radical (unpaired) electrons. The summed E-state index contributed by atoms with van der Waals surface area (Å²) >= 11 is 0. The molecule has 0 saturated heterocycles. The van der Waals surface area contributed by atoms with Crippen LogP contribution in [0.3, 0.4) is 0 Å². The summed E-state index contributed by atoms with van der Waals surface area (Å²) in [5.41, 5.74) is 7.13. The van der Waals surface area contributed by atoms with Crippen LogP contribution in [0.25, 0.3) is 0 Å². The minimum Gasteiger partial charge on any atom is -0.493 e. The van der Waals surface area contributed by atoms with Crippen molar-refractivity contribution in [3.05, 3.63) is 23.8 Å². The van der Waals surface area contributed by atoms with Crippen LogP contribution in [-0.4, -0.2) is 14.2 Å². The predicted octanol–water partition coefficient (Wildman–Crippen LogP) is 2.92. The van der Waals surface area contributed by atoms with E-state index in [9.17, 15) is 0 Å². The number of benzene rings is 1. The molecule has 2 N–H and O–H groups in total. The summed E-state index contributed by atoms with van der Waals surface area (Å²) in [4.78, 5) is 0. The Labute approximate surface area is 104 Å². The molecule has 0 amide bonds. The Morgan fingerprint density at radius 3 is 2.29 bits per heavy atom. The van der Waals surface area contributed by atoms with Crippen molar-refractivity contribution in [2.45, 2.75) is 32.7 Å². The first-order valence-electron chi connectivity index (χ1n) is 5.98. The molecule has 0 saturated carbocycles. The molecule has 0 spiro atoms. The average Bonchev–Trinajstić information content (AvgIpc) is 2.36. The summed E-state index contributed by atoms with van der Waals surface area (Å²) in [5.74, 6) is 1.86. The Bertz CT molecular complexity index is 374. The van der Waals surface area contributed by atoms with Crippen molar-refractivity contribution in [1.82, 2.24) is 0 Å². The molecule has 96 valence electrons. The third kappa shape index (κ3) is 2.72. The van der Waals surface area contributed by atoms with Crippen molar-refractivity contribution >= 4 is 0 Å². The third-order valence-electron chi connectivity index (χ3n) is 3.64. The van der Waals surface area contributed by atoms with E-state index in [0.717, 1.165) is 23.5 Å². The molecule has 1 aromatic rings. The monoisotopic (exact) mass is 237 g/mol. The molecule has 0 aliphatic rings. The molecule has 0 heterocycles. The molecule has 2 atom stereocenters. The van der Waals surface area contributed by atoms with Crippen molar-refractivity contribution < 1.29 is 9.47 Å². The molecule has 0 aliphatic carbocycles. The summed E-state index contributed by atoms with van der Waals surface area (Å²) < 4.78 is 10.5. The van der Waals surface area contributed by atoms with Crippen molar-refractivity contribution in [1.29, 1.82) is 0 Å². The molecule has 3 nitrogen and oxygen atoms in total. The van der Waals surface area contributed by atoms with Gasteiger partial charge >= 0.3 is 0 Å². The lowest BCUT2D eigenvalue weighted by Gasteiger charge is -2.32. The van der Waals surface area contributed by atoms with Gasteiger partial charge in [0.05, 0.1) is 14.2 Å². The average molecular weight is 237 g/mol. The van der Waals surface area contributed by atoms with E-state index in [1.165, 1.54) is 0 Å². The largest absolute Gasteiger partial charge is 0.493 e. The van der Waals surface area contributed by atoms with Crippen LogP contribution in [-0.2, 0) is 5.54 Å². The Kier molecular flexibility index (Phi) is 4.40. The summed E-state index contributed by atoms with van der Waals surface area (Å²) in [6, 6.07) is 5.88. The Hall–Kier alpha value is -1.22. The van der Waals surface area contributed by atoms with Gasteiger partial charge in [0, 0.05) is 5.54 Å². The molecule has 0 aromatic heterocycles. The van der Waals surface area contributed by atoms with Gasteiger partial charge < -0.3 is 15.2 Å². The van der Waals surface area contributed by atoms with Gasteiger partial charge in [-0.3, -0.25) is 0 Å². The lowest BCUT2D eigenvalue weighted by molar-refractivity contribution is 0.311. The zero-order valence-corrected chi connectivity index (χ0v) is 11.4. The lowest BCUT2D eigenvalue weighted by Crippen LogP contribution is -2.39. The quantitative estimate of drug-likeness (QED) is 0.856. The number of rotatable bonds is 5. The molecule has 1 rings (SSSR count). The fraction of sp³-hybridized carbons (Fsp3) is 0.571. The van der Waals surface area contributed by atoms with Crippen LogP contribution in [0.4, 0.5) is 0 Å². The van der Waals surface area contributed by atoms with Crippen LogP contribution in [0.15, 0.2) is 18.2 Å².